The number of carboxylic acid groups (broad SMARTS) is 1. The lowest BCUT2D eigenvalue weighted by Crippen LogP contribution is -2.48. The second-order valence-electron chi connectivity index (χ2n) is 6.92. The van der Waals surface area contributed by atoms with E-state index in [4.69, 9.17) is 0 Å². The molecule has 0 aromatic rings. The Balaban J connectivity index is 1.96. The van der Waals surface area contributed by atoms with E-state index in [0.29, 0.717) is 25.0 Å². The Morgan fingerprint density at radius 3 is 2.29 bits per heavy atom. The monoisotopic (exact) mass is 295 g/mol. The standard InChI is InChI=1S/C16H25NO4/c1-9(2)6-13(16(20)21)17-15(19)12-7-10-4-3-5-11(8-12)14(10)18/h9-13H,3-8H2,1-2H3,(H,17,19)(H,20,21)/t10?,11?,12?,13-/m1/s1. The van der Waals surface area contributed by atoms with Crippen LogP contribution in [0.3, 0.4) is 0 Å². The highest BCUT2D eigenvalue weighted by molar-refractivity contribution is 5.90. The number of nitrogens with one attached hydrogen (secondary N) is 1. The van der Waals surface area contributed by atoms with Gasteiger partial charge in [0, 0.05) is 17.8 Å². The van der Waals surface area contributed by atoms with Gasteiger partial charge >= 0.3 is 5.97 Å². The molecule has 118 valence electrons. The minimum absolute atomic E-state index is 0.0154. The molecule has 0 radical (unpaired) electrons. The predicted molar refractivity (Wildman–Crippen MR) is 77.6 cm³/mol. The third-order valence-corrected chi connectivity index (χ3v) is 4.74. The van der Waals surface area contributed by atoms with Crippen LogP contribution in [0.2, 0.25) is 0 Å². The van der Waals surface area contributed by atoms with Crippen molar-refractivity contribution in [3.8, 4) is 0 Å². The largest absolute Gasteiger partial charge is 0.480 e. The predicted octanol–water partition coefficient (Wildman–Crippen LogP) is 2.00. The lowest BCUT2D eigenvalue weighted by atomic mass is 9.67. The molecule has 2 rings (SSSR count). The van der Waals surface area contributed by atoms with E-state index < -0.39 is 12.0 Å². The molecular formula is C16H25NO4. The van der Waals surface area contributed by atoms with Gasteiger partial charge in [-0.05, 0) is 38.0 Å². The van der Waals surface area contributed by atoms with Crippen LogP contribution in [0.15, 0.2) is 0 Å². The van der Waals surface area contributed by atoms with Gasteiger partial charge in [-0.15, -0.1) is 0 Å². The summed E-state index contributed by atoms with van der Waals surface area (Å²) in [6, 6.07) is -0.824. The number of hydrogen-bond acceptors (Lipinski definition) is 3. The number of Topliss-reactive ketones (excluding diaryl/α,β-unsaturated/α-hetero) is 1. The Bertz CT molecular complexity index is 416. The Morgan fingerprint density at radius 2 is 1.81 bits per heavy atom. The molecule has 5 nitrogen and oxygen atoms in total. The summed E-state index contributed by atoms with van der Waals surface area (Å²) in [6.07, 6.45) is 4.45. The van der Waals surface area contributed by atoms with Crippen molar-refractivity contribution in [2.24, 2.45) is 23.7 Å². The first-order valence-electron chi connectivity index (χ1n) is 7.95. The van der Waals surface area contributed by atoms with Crippen LogP contribution < -0.4 is 5.32 Å². The summed E-state index contributed by atoms with van der Waals surface area (Å²) in [7, 11) is 0. The summed E-state index contributed by atoms with van der Waals surface area (Å²) in [5.41, 5.74) is 0. The molecule has 2 unspecified atom stereocenters. The molecule has 0 aliphatic heterocycles. The highest BCUT2D eigenvalue weighted by atomic mass is 16.4. The number of carbonyl (C=O) groups is 3. The molecule has 0 spiro atoms. The average molecular weight is 295 g/mol. The molecule has 2 bridgehead atoms. The van der Waals surface area contributed by atoms with E-state index in [-0.39, 0.29) is 29.6 Å². The van der Waals surface area contributed by atoms with Crippen LogP contribution in [0.5, 0.6) is 0 Å². The Labute approximate surface area is 125 Å². The first kappa shape index (κ1) is 16.0. The lowest BCUT2D eigenvalue weighted by Gasteiger charge is -2.37. The van der Waals surface area contributed by atoms with Crippen LogP contribution in [0, 0.1) is 23.7 Å². The van der Waals surface area contributed by atoms with Crippen molar-refractivity contribution in [3.05, 3.63) is 0 Å². The van der Waals surface area contributed by atoms with Crippen LogP contribution in [0.25, 0.3) is 0 Å². The van der Waals surface area contributed by atoms with Gasteiger partial charge < -0.3 is 10.4 Å². The number of carbonyl (C=O) groups excluding carboxylic acids is 2. The zero-order valence-electron chi connectivity index (χ0n) is 12.8. The normalized spacial score (nSPS) is 30.0. The molecule has 3 atom stereocenters. The molecule has 0 saturated heterocycles. The highest BCUT2D eigenvalue weighted by Crippen LogP contribution is 2.40. The summed E-state index contributed by atoms with van der Waals surface area (Å²) in [6.45, 7) is 3.87. The minimum Gasteiger partial charge on any atom is -0.480 e. The highest BCUT2D eigenvalue weighted by Gasteiger charge is 2.41. The Kier molecular flexibility index (Phi) is 5.01. The number of ketones is 1. The Morgan fingerprint density at radius 1 is 1.24 bits per heavy atom. The molecule has 2 aliphatic rings. The van der Waals surface area contributed by atoms with Crippen molar-refractivity contribution < 1.29 is 19.5 Å². The molecule has 0 aromatic carbocycles. The van der Waals surface area contributed by atoms with Gasteiger partial charge in [-0.2, -0.15) is 0 Å². The second kappa shape index (κ2) is 6.58. The summed E-state index contributed by atoms with van der Waals surface area (Å²) >= 11 is 0. The average Bonchev–Trinajstić information content (AvgIpc) is 2.36. The first-order chi connectivity index (χ1) is 9.88. The van der Waals surface area contributed by atoms with Gasteiger partial charge in [-0.25, -0.2) is 4.79 Å². The molecular weight excluding hydrogens is 270 g/mol. The Hall–Kier alpha value is -1.39. The number of fused-ring (bicyclic) bond motifs is 2. The molecule has 5 heteroatoms. The molecule has 2 fully saturated rings. The lowest BCUT2D eigenvalue weighted by molar-refractivity contribution is -0.145. The molecule has 2 N–H and O–H groups in total. The number of hydrogen-bond donors (Lipinski definition) is 2. The smallest absolute Gasteiger partial charge is 0.326 e. The van der Waals surface area contributed by atoms with E-state index in [1.54, 1.807) is 0 Å². The number of carboxylic acids is 1. The molecule has 21 heavy (non-hydrogen) atoms. The number of amides is 1. The molecule has 2 saturated carbocycles. The summed E-state index contributed by atoms with van der Waals surface area (Å²) in [5.74, 6) is -0.812. The van der Waals surface area contributed by atoms with Gasteiger partial charge in [-0.1, -0.05) is 20.3 Å². The van der Waals surface area contributed by atoms with Crippen molar-refractivity contribution in [2.75, 3.05) is 0 Å². The fraction of sp³-hybridized carbons (Fsp3) is 0.812. The summed E-state index contributed by atoms with van der Waals surface area (Å²) in [4.78, 5) is 35.6. The van der Waals surface area contributed by atoms with E-state index in [1.807, 2.05) is 13.8 Å². The molecule has 0 heterocycles. The fourth-order valence-electron chi connectivity index (χ4n) is 3.68. The van der Waals surface area contributed by atoms with Gasteiger partial charge in [0.25, 0.3) is 0 Å². The van der Waals surface area contributed by atoms with Crippen molar-refractivity contribution in [1.29, 1.82) is 0 Å². The van der Waals surface area contributed by atoms with Gasteiger partial charge in [0.2, 0.25) is 5.91 Å². The molecule has 0 aromatic heterocycles. The van der Waals surface area contributed by atoms with E-state index in [0.717, 1.165) is 19.3 Å². The van der Waals surface area contributed by atoms with Gasteiger partial charge in [0.15, 0.2) is 0 Å². The third kappa shape index (κ3) is 3.83. The summed E-state index contributed by atoms with van der Waals surface area (Å²) in [5, 5.41) is 11.9. The van der Waals surface area contributed by atoms with Crippen molar-refractivity contribution in [3.63, 3.8) is 0 Å². The zero-order valence-corrected chi connectivity index (χ0v) is 12.8. The number of aliphatic carboxylic acids is 1. The van der Waals surface area contributed by atoms with E-state index in [1.165, 1.54) is 0 Å². The maximum Gasteiger partial charge on any atom is 0.326 e. The van der Waals surface area contributed by atoms with E-state index in [2.05, 4.69) is 5.32 Å². The van der Waals surface area contributed by atoms with Crippen LogP contribution in [0.4, 0.5) is 0 Å². The third-order valence-electron chi connectivity index (χ3n) is 4.74. The van der Waals surface area contributed by atoms with E-state index in [9.17, 15) is 19.5 Å². The quantitative estimate of drug-likeness (QED) is 0.812. The fourth-order valence-corrected chi connectivity index (χ4v) is 3.68. The molecule has 1 amide bonds. The van der Waals surface area contributed by atoms with Gasteiger partial charge in [0.05, 0.1) is 0 Å². The molecule has 2 aliphatic carbocycles. The maximum atomic E-state index is 12.3. The second-order valence-corrected chi connectivity index (χ2v) is 6.92. The van der Waals surface area contributed by atoms with Crippen LogP contribution in [-0.2, 0) is 14.4 Å². The van der Waals surface area contributed by atoms with Gasteiger partial charge in [-0.3, -0.25) is 9.59 Å². The van der Waals surface area contributed by atoms with E-state index >= 15 is 0 Å². The topological polar surface area (TPSA) is 83.5 Å². The van der Waals surface area contributed by atoms with Crippen molar-refractivity contribution in [2.45, 2.75) is 58.4 Å². The van der Waals surface area contributed by atoms with Crippen molar-refractivity contribution in [1.82, 2.24) is 5.32 Å². The number of rotatable bonds is 5. The first-order valence-corrected chi connectivity index (χ1v) is 7.95. The van der Waals surface area contributed by atoms with Crippen LogP contribution >= 0.6 is 0 Å². The van der Waals surface area contributed by atoms with Crippen LogP contribution in [-0.4, -0.2) is 28.8 Å². The van der Waals surface area contributed by atoms with Gasteiger partial charge in [0.1, 0.15) is 11.8 Å². The maximum absolute atomic E-state index is 12.3. The SMILES string of the molecule is CC(C)C[C@@H](NC(=O)C1CC2CCCC(C1)C2=O)C(=O)O. The summed E-state index contributed by atoms with van der Waals surface area (Å²) < 4.78 is 0. The zero-order chi connectivity index (χ0) is 15.6. The minimum atomic E-state index is -0.982. The van der Waals surface area contributed by atoms with Crippen molar-refractivity contribution >= 4 is 17.7 Å². The van der Waals surface area contributed by atoms with Crippen LogP contribution in [0.1, 0.15) is 52.4 Å².